The molecular weight excluding hydrogens is 521 g/mol. The second kappa shape index (κ2) is 10.4. The van der Waals surface area contributed by atoms with Crippen LogP contribution in [0.15, 0.2) is 36.4 Å². The minimum atomic E-state index is -0.118. The summed E-state index contributed by atoms with van der Waals surface area (Å²) in [4.78, 5) is 23.2. The fourth-order valence-electron chi connectivity index (χ4n) is 3.88. The number of morpholine rings is 1. The molecule has 0 spiro atoms. The van der Waals surface area contributed by atoms with Gasteiger partial charge in [-0.3, -0.25) is 14.6 Å². The minimum absolute atomic E-state index is 0. The van der Waals surface area contributed by atoms with Gasteiger partial charge < -0.3 is 4.74 Å². The third-order valence-corrected chi connectivity index (χ3v) is 8.49. The number of aryl methyl sites for hydroxylation is 1. The first-order valence-corrected chi connectivity index (χ1v) is 12.8. The third kappa shape index (κ3) is 5.00. The summed E-state index contributed by atoms with van der Waals surface area (Å²) in [5, 5.41) is 2.75. The summed E-state index contributed by atoms with van der Waals surface area (Å²) < 4.78 is 7.43. The SMILES string of the molecule is Cc1cc(Cl)cc2sc(N(CCN3CCOCC3)C(=O)c3sc4ccccc4c3Cl)nc12.Cl. The summed E-state index contributed by atoms with van der Waals surface area (Å²) in [7, 11) is 0. The van der Waals surface area contributed by atoms with Crippen LogP contribution in [0.25, 0.3) is 20.3 Å². The largest absolute Gasteiger partial charge is 0.379 e. The minimum Gasteiger partial charge on any atom is -0.379 e. The zero-order valence-corrected chi connectivity index (χ0v) is 21.8. The van der Waals surface area contributed by atoms with Gasteiger partial charge in [0.1, 0.15) is 4.88 Å². The lowest BCUT2D eigenvalue weighted by Crippen LogP contribution is -2.43. The lowest BCUT2D eigenvalue weighted by molar-refractivity contribution is 0.0391. The number of benzene rings is 2. The quantitative estimate of drug-likeness (QED) is 0.288. The fraction of sp³-hybridized carbons (Fsp3) is 0.304. The molecule has 0 bridgehead atoms. The molecule has 1 aliphatic heterocycles. The van der Waals surface area contributed by atoms with E-state index in [1.807, 2.05) is 43.3 Å². The van der Waals surface area contributed by atoms with E-state index in [0.717, 1.165) is 58.7 Å². The van der Waals surface area contributed by atoms with Crippen LogP contribution in [0.4, 0.5) is 5.13 Å². The molecule has 0 saturated carbocycles. The van der Waals surface area contributed by atoms with E-state index in [-0.39, 0.29) is 18.3 Å². The molecule has 0 atom stereocenters. The van der Waals surface area contributed by atoms with Crippen LogP contribution in [0.1, 0.15) is 15.2 Å². The maximum atomic E-state index is 13.8. The number of hydrogen-bond donors (Lipinski definition) is 0. The van der Waals surface area contributed by atoms with Crippen molar-refractivity contribution >= 4 is 89.6 Å². The second-order valence-corrected chi connectivity index (χ2v) is 10.6. The van der Waals surface area contributed by atoms with Gasteiger partial charge in [-0.2, -0.15) is 0 Å². The summed E-state index contributed by atoms with van der Waals surface area (Å²) in [6.07, 6.45) is 0. The van der Waals surface area contributed by atoms with Crippen LogP contribution in [0.5, 0.6) is 0 Å². The lowest BCUT2D eigenvalue weighted by Gasteiger charge is -2.29. The van der Waals surface area contributed by atoms with Crippen LogP contribution in [0.2, 0.25) is 10.0 Å². The fourth-order valence-corrected chi connectivity index (χ4v) is 6.79. The molecule has 2 aromatic heterocycles. The summed E-state index contributed by atoms with van der Waals surface area (Å²) in [5.74, 6) is -0.118. The van der Waals surface area contributed by atoms with Gasteiger partial charge in [0.25, 0.3) is 5.91 Å². The highest BCUT2D eigenvalue weighted by Crippen LogP contribution is 2.38. The van der Waals surface area contributed by atoms with E-state index < -0.39 is 0 Å². The maximum absolute atomic E-state index is 13.8. The number of halogens is 3. The van der Waals surface area contributed by atoms with Gasteiger partial charge in [0.15, 0.2) is 5.13 Å². The highest BCUT2D eigenvalue weighted by Gasteiger charge is 2.27. The Morgan fingerprint density at radius 2 is 1.91 bits per heavy atom. The first kappa shape index (κ1) is 24.7. The number of carbonyl (C=O) groups is 1. The molecule has 0 aliphatic carbocycles. The zero-order valence-electron chi connectivity index (χ0n) is 17.8. The molecule has 1 fully saturated rings. The molecule has 33 heavy (non-hydrogen) atoms. The molecule has 174 valence electrons. The van der Waals surface area contributed by atoms with Crippen molar-refractivity contribution in [1.82, 2.24) is 9.88 Å². The normalized spacial score (nSPS) is 14.5. The predicted molar refractivity (Wildman–Crippen MR) is 142 cm³/mol. The Balaban J connectivity index is 0.00000259. The Morgan fingerprint density at radius 3 is 2.67 bits per heavy atom. The monoisotopic (exact) mass is 541 g/mol. The molecular formula is C23H22Cl3N3O2S2. The zero-order chi connectivity index (χ0) is 22.2. The molecule has 1 amide bonds. The number of aromatic nitrogens is 1. The molecule has 3 heterocycles. The number of rotatable bonds is 5. The third-order valence-electron chi connectivity index (χ3n) is 5.59. The maximum Gasteiger partial charge on any atom is 0.271 e. The van der Waals surface area contributed by atoms with Crippen molar-refractivity contribution in [2.75, 3.05) is 44.3 Å². The first-order chi connectivity index (χ1) is 15.5. The van der Waals surface area contributed by atoms with E-state index >= 15 is 0 Å². The number of hydrogen-bond acceptors (Lipinski definition) is 6. The van der Waals surface area contributed by atoms with Gasteiger partial charge in [-0.15, -0.1) is 23.7 Å². The Kier molecular flexibility index (Phi) is 7.80. The molecule has 10 heteroatoms. The molecule has 1 saturated heterocycles. The predicted octanol–water partition coefficient (Wildman–Crippen LogP) is 6.53. The van der Waals surface area contributed by atoms with Gasteiger partial charge in [0, 0.05) is 41.3 Å². The van der Waals surface area contributed by atoms with Crippen LogP contribution in [0, 0.1) is 6.92 Å². The van der Waals surface area contributed by atoms with Gasteiger partial charge >= 0.3 is 0 Å². The Morgan fingerprint density at radius 1 is 1.15 bits per heavy atom. The number of thiazole rings is 1. The van der Waals surface area contributed by atoms with Crippen LogP contribution in [0.3, 0.4) is 0 Å². The summed E-state index contributed by atoms with van der Waals surface area (Å²) in [6, 6.07) is 11.6. The number of nitrogens with zero attached hydrogens (tertiary/aromatic N) is 3. The lowest BCUT2D eigenvalue weighted by atomic mass is 10.2. The van der Waals surface area contributed by atoms with Gasteiger partial charge in [-0.05, 0) is 30.7 Å². The van der Waals surface area contributed by atoms with E-state index in [1.165, 1.54) is 22.7 Å². The van der Waals surface area contributed by atoms with Crippen LogP contribution in [-0.4, -0.2) is 55.2 Å². The molecule has 4 aromatic rings. The van der Waals surface area contributed by atoms with Gasteiger partial charge in [0.05, 0.1) is 28.5 Å². The van der Waals surface area contributed by atoms with Gasteiger partial charge in [-0.1, -0.05) is 52.7 Å². The average molecular weight is 543 g/mol. The van der Waals surface area contributed by atoms with E-state index in [0.29, 0.717) is 26.6 Å². The van der Waals surface area contributed by atoms with Gasteiger partial charge in [-0.25, -0.2) is 4.98 Å². The summed E-state index contributed by atoms with van der Waals surface area (Å²) in [6.45, 7) is 6.41. The standard InChI is InChI=1S/C23H21Cl2N3O2S2.ClH/c1-14-12-15(24)13-18-20(14)26-23(32-18)28(7-6-27-8-10-30-11-9-27)22(29)21-19(25)16-4-2-3-5-17(16)31-21;/h2-5,12-13H,6-11H2,1H3;1H. The average Bonchev–Trinajstić information content (AvgIpc) is 3.36. The number of amides is 1. The van der Waals surface area contributed by atoms with Crippen molar-refractivity contribution in [3.8, 4) is 0 Å². The molecule has 0 unspecified atom stereocenters. The Hall–Kier alpha value is -1.45. The van der Waals surface area contributed by atoms with Crippen LogP contribution < -0.4 is 4.90 Å². The highest BCUT2D eigenvalue weighted by atomic mass is 35.5. The first-order valence-electron chi connectivity index (χ1n) is 10.4. The summed E-state index contributed by atoms with van der Waals surface area (Å²) in [5.41, 5.74) is 1.87. The van der Waals surface area contributed by atoms with Crippen LogP contribution in [-0.2, 0) is 4.74 Å². The number of carbonyl (C=O) groups excluding carboxylic acids is 1. The van der Waals surface area contributed by atoms with E-state index in [9.17, 15) is 4.79 Å². The van der Waals surface area contributed by atoms with E-state index in [4.69, 9.17) is 32.9 Å². The Bertz CT molecular complexity index is 1300. The number of ether oxygens (including phenoxy) is 1. The Labute approximate surface area is 216 Å². The molecule has 5 rings (SSSR count). The van der Waals surface area contributed by atoms with Gasteiger partial charge in [0.2, 0.25) is 0 Å². The summed E-state index contributed by atoms with van der Waals surface area (Å²) >= 11 is 15.8. The second-order valence-electron chi connectivity index (χ2n) is 7.72. The van der Waals surface area contributed by atoms with Crippen molar-refractivity contribution in [3.63, 3.8) is 0 Å². The van der Waals surface area contributed by atoms with E-state index in [2.05, 4.69) is 4.90 Å². The van der Waals surface area contributed by atoms with Crippen molar-refractivity contribution < 1.29 is 9.53 Å². The topological polar surface area (TPSA) is 45.7 Å². The number of fused-ring (bicyclic) bond motifs is 2. The van der Waals surface area contributed by atoms with Crippen LogP contribution >= 0.6 is 58.3 Å². The van der Waals surface area contributed by atoms with E-state index in [1.54, 1.807) is 4.90 Å². The van der Waals surface area contributed by atoms with Crippen molar-refractivity contribution in [2.24, 2.45) is 0 Å². The smallest absolute Gasteiger partial charge is 0.271 e. The molecule has 0 N–H and O–H groups in total. The number of thiophene rings is 1. The highest BCUT2D eigenvalue weighted by molar-refractivity contribution is 7.23. The van der Waals surface area contributed by atoms with Crippen molar-refractivity contribution in [1.29, 1.82) is 0 Å². The molecule has 0 radical (unpaired) electrons. The molecule has 2 aromatic carbocycles. The van der Waals surface area contributed by atoms with Crippen molar-refractivity contribution in [3.05, 3.63) is 56.9 Å². The van der Waals surface area contributed by atoms with Crippen molar-refractivity contribution in [2.45, 2.75) is 6.92 Å². The molecule has 1 aliphatic rings. The molecule has 5 nitrogen and oxygen atoms in total. The number of anilines is 1.